The Morgan fingerprint density at radius 1 is 1.00 bits per heavy atom. The quantitative estimate of drug-likeness (QED) is 0.167. The highest BCUT2D eigenvalue weighted by Crippen LogP contribution is 2.53. The zero-order valence-corrected chi connectivity index (χ0v) is 26.8. The minimum absolute atomic E-state index is 0.00173. The third-order valence-corrected chi connectivity index (χ3v) is 10.8. The number of amides is 2. The Morgan fingerprint density at radius 3 is 2.50 bits per heavy atom. The molecular weight excluding hydrogens is 575 g/mol. The number of imide groups is 1. The Kier molecular flexibility index (Phi) is 8.60. The Bertz CT molecular complexity index is 1700. The van der Waals surface area contributed by atoms with Crippen LogP contribution in [0, 0.1) is 23.7 Å². The van der Waals surface area contributed by atoms with Crippen molar-refractivity contribution in [3.8, 4) is 5.75 Å². The average Bonchev–Trinajstić information content (AvgIpc) is 3.33. The van der Waals surface area contributed by atoms with E-state index in [0.29, 0.717) is 25.6 Å². The van der Waals surface area contributed by atoms with Crippen molar-refractivity contribution in [1.82, 2.24) is 9.88 Å². The van der Waals surface area contributed by atoms with Crippen LogP contribution in [0.4, 0.5) is 0 Å². The van der Waals surface area contributed by atoms with Crippen molar-refractivity contribution in [1.29, 1.82) is 0 Å². The van der Waals surface area contributed by atoms with Crippen molar-refractivity contribution in [2.45, 2.75) is 83.7 Å². The van der Waals surface area contributed by atoms with Gasteiger partial charge in [0.05, 0.1) is 23.6 Å². The van der Waals surface area contributed by atoms with Gasteiger partial charge in [0.15, 0.2) is 0 Å². The van der Waals surface area contributed by atoms with E-state index in [1.807, 2.05) is 48.5 Å². The fraction of sp³-hybridized carbons (Fsp3) is 0.447. The monoisotopic (exact) mass is 618 g/mol. The molecule has 1 aromatic heterocycles. The zero-order chi connectivity index (χ0) is 31.9. The third kappa shape index (κ3) is 5.60. The van der Waals surface area contributed by atoms with Gasteiger partial charge in [-0.2, -0.15) is 0 Å². The molecule has 2 aromatic carbocycles. The Hall–Kier alpha value is -3.75. The predicted octanol–water partition coefficient (Wildman–Crippen LogP) is 7.05. The van der Waals surface area contributed by atoms with Crippen LogP contribution >= 0.6 is 0 Å². The number of benzene rings is 2. The summed E-state index contributed by atoms with van der Waals surface area (Å²) in [5, 5.41) is 23.3. The number of aromatic hydroxyl groups is 1. The number of phenols is 1. The first kappa shape index (κ1) is 30.9. The molecule has 4 aliphatic rings. The van der Waals surface area contributed by atoms with Crippen LogP contribution in [0.1, 0.15) is 76.5 Å². The van der Waals surface area contributed by atoms with Crippen LogP contribution < -0.4 is 0 Å². The van der Waals surface area contributed by atoms with Gasteiger partial charge in [0.2, 0.25) is 11.8 Å². The summed E-state index contributed by atoms with van der Waals surface area (Å²) < 4.78 is 6.32. The van der Waals surface area contributed by atoms with Gasteiger partial charge in [0.1, 0.15) is 5.75 Å². The average molecular weight is 619 g/mol. The molecular formula is C38H43BN2O5. The van der Waals surface area contributed by atoms with Gasteiger partial charge in [-0.1, -0.05) is 75.1 Å². The molecule has 2 amide bonds. The van der Waals surface area contributed by atoms with E-state index in [9.17, 15) is 19.7 Å². The number of phenolic OH excluding ortho intramolecular Hbond substituents is 1. The van der Waals surface area contributed by atoms with Crippen molar-refractivity contribution < 1.29 is 24.4 Å². The number of carbonyl (C=O) groups is 2. The number of rotatable bonds is 7. The molecule has 3 heterocycles. The second-order valence-electron chi connectivity index (χ2n) is 13.9. The number of pyridine rings is 1. The van der Waals surface area contributed by atoms with E-state index in [1.54, 1.807) is 17.2 Å². The van der Waals surface area contributed by atoms with Crippen LogP contribution in [0.15, 0.2) is 71.9 Å². The van der Waals surface area contributed by atoms with Gasteiger partial charge in [-0.05, 0) is 96.6 Å². The summed E-state index contributed by atoms with van der Waals surface area (Å²) in [5.41, 5.74) is 5.20. The van der Waals surface area contributed by atoms with E-state index >= 15 is 0 Å². The number of fused-ring (bicyclic) bond motifs is 4. The Morgan fingerprint density at radius 2 is 1.76 bits per heavy atom. The molecule has 0 radical (unpaired) electrons. The van der Waals surface area contributed by atoms with E-state index in [0.717, 1.165) is 65.3 Å². The predicted molar refractivity (Wildman–Crippen MR) is 180 cm³/mol. The number of nitrogens with zero attached hydrogens (tertiary/aromatic N) is 2. The molecule has 8 heteroatoms. The molecule has 2 aliphatic carbocycles. The minimum Gasteiger partial charge on any atom is -0.507 e. The first-order chi connectivity index (χ1) is 22.3. The Labute approximate surface area is 271 Å². The lowest BCUT2D eigenvalue weighted by atomic mass is 9.57. The van der Waals surface area contributed by atoms with Crippen molar-refractivity contribution in [3.63, 3.8) is 0 Å². The summed E-state index contributed by atoms with van der Waals surface area (Å²) in [4.78, 5) is 34.3. The van der Waals surface area contributed by atoms with Crippen LogP contribution in [-0.4, -0.2) is 51.1 Å². The SMILES string of the molecule is CC(C)C1=C2[C@@H](CC/C(=C/c3ccc(O)c4ccccc34)c3ccccn3)OB(O)C[C@@H]2[C@@H]2C(=O)N(C3CCCCC3)C(=O)[C@@H]2C1. The largest absolute Gasteiger partial charge is 0.507 e. The molecule has 7 rings (SSSR count). The summed E-state index contributed by atoms with van der Waals surface area (Å²) in [7, 11) is -0.999. The van der Waals surface area contributed by atoms with E-state index in [2.05, 4.69) is 24.9 Å². The number of allylic oxidation sites excluding steroid dienone is 2. The maximum Gasteiger partial charge on any atom is 0.455 e. The van der Waals surface area contributed by atoms with Crippen LogP contribution in [0.25, 0.3) is 22.4 Å². The van der Waals surface area contributed by atoms with Crippen molar-refractivity contribution in [2.75, 3.05) is 0 Å². The van der Waals surface area contributed by atoms with Crippen LogP contribution in [0.2, 0.25) is 6.32 Å². The maximum absolute atomic E-state index is 14.1. The molecule has 2 N–H and O–H groups in total. The highest BCUT2D eigenvalue weighted by atomic mass is 16.5. The lowest BCUT2D eigenvalue weighted by Crippen LogP contribution is -2.47. The number of carbonyl (C=O) groups excluding carboxylic acids is 2. The molecule has 0 unspecified atom stereocenters. The van der Waals surface area contributed by atoms with Gasteiger partial charge in [-0.3, -0.25) is 19.5 Å². The molecule has 4 atom stereocenters. The third-order valence-electron chi connectivity index (χ3n) is 10.8. The molecule has 3 fully saturated rings. The summed E-state index contributed by atoms with van der Waals surface area (Å²) in [6, 6.07) is 17.4. The van der Waals surface area contributed by atoms with Crippen LogP contribution in [0.5, 0.6) is 5.75 Å². The number of likely N-dealkylation sites (tertiary alicyclic amines) is 1. The molecule has 2 saturated heterocycles. The van der Waals surface area contributed by atoms with Crippen molar-refractivity contribution in [2.24, 2.45) is 23.7 Å². The van der Waals surface area contributed by atoms with E-state index < -0.39 is 13.0 Å². The van der Waals surface area contributed by atoms with Crippen molar-refractivity contribution >= 4 is 41.4 Å². The lowest BCUT2D eigenvalue weighted by molar-refractivity contribution is -0.143. The fourth-order valence-electron chi connectivity index (χ4n) is 8.71. The second kappa shape index (κ2) is 12.8. The minimum atomic E-state index is -0.999. The molecule has 0 spiro atoms. The zero-order valence-electron chi connectivity index (χ0n) is 26.8. The molecule has 2 aliphatic heterocycles. The van der Waals surface area contributed by atoms with Crippen LogP contribution in [0.3, 0.4) is 0 Å². The van der Waals surface area contributed by atoms with Crippen LogP contribution in [-0.2, 0) is 14.2 Å². The molecule has 46 heavy (non-hydrogen) atoms. The molecule has 3 aromatic rings. The van der Waals surface area contributed by atoms with E-state index in [4.69, 9.17) is 4.65 Å². The topological polar surface area (TPSA) is 100.0 Å². The van der Waals surface area contributed by atoms with Crippen molar-refractivity contribution in [3.05, 3.63) is 83.2 Å². The lowest BCUT2D eigenvalue weighted by Gasteiger charge is -2.44. The van der Waals surface area contributed by atoms with E-state index in [-0.39, 0.29) is 47.5 Å². The number of aromatic nitrogens is 1. The fourth-order valence-corrected chi connectivity index (χ4v) is 8.71. The highest BCUT2D eigenvalue weighted by Gasteiger charge is 2.58. The van der Waals surface area contributed by atoms with Gasteiger partial charge < -0.3 is 14.8 Å². The Balaban J connectivity index is 1.23. The van der Waals surface area contributed by atoms with Gasteiger partial charge in [0.25, 0.3) is 0 Å². The van der Waals surface area contributed by atoms with Gasteiger partial charge in [0, 0.05) is 17.6 Å². The first-order valence-electron chi connectivity index (χ1n) is 17.1. The summed E-state index contributed by atoms with van der Waals surface area (Å²) >= 11 is 0. The first-order valence-corrected chi connectivity index (χ1v) is 17.1. The summed E-state index contributed by atoms with van der Waals surface area (Å²) in [6.07, 6.45) is 10.8. The second-order valence-corrected chi connectivity index (χ2v) is 13.9. The highest BCUT2D eigenvalue weighted by molar-refractivity contribution is 6.43. The van der Waals surface area contributed by atoms with E-state index in [1.165, 1.54) is 5.57 Å². The molecule has 1 saturated carbocycles. The summed E-state index contributed by atoms with van der Waals surface area (Å²) in [6.45, 7) is 4.33. The molecule has 0 bridgehead atoms. The van der Waals surface area contributed by atoms with Gasteiger partial charge in [-0.15, -0.1) is 0 Å². The number of hydrogen-bond acceptors (Lipinski definition) is 6. The van der Waals surface area contributed by atoms with Gasteiger partial charge in [-0.25, -0.2) is 0 Å². The smallest absolute Gasteiger partial charge is 0.455 e. The molecule has 238 valence electrons. The summed E-state index contributed by atoms with van der Waals surface area (Å²) in [5.74, 6) is -0.584. The maximum atomic E-state index is 14.1. The normalized spacial score (nSPS) is 25.9. The standard InChI is InChI=1S/C38H43BN2O5/c1-23(2)29-21-30-36(38(44)41(37(30)43)26-10-4-3-5-11-26)31-22-39(45)46-34(35(29)31)18-16-25(32-14-8-9-19-40-32)20-24-15-17-33(42)28-13-7-6-12-27(24)28/h6-9,12-15,17,19-20,23,26,30-31,34,36,42,45H,3-5,10-11,16,18,21-22H2,1-2H3/b25-20-/t30-,31+,34-,36-/m1/s1. The number of hydrogen-bond donors (Lipinski definition) is 2. The molecule has 7 nitrogen and oxygen atoms in total. The van der Waals surface area contributed by atoms with Gasteiger partial charge >= 0.3 is 7.12 Å².